The molecule has 0 aliphatic heterocycles. The van der Waals surface area contributed by atoms with Crippen LogP contribution in [0.4, 0.5) is 4.79 Å². The van der Waals surface area contributed by atoms with Gasteiger partial charge in [-0.1, -0.05) is 87.5 Å². The topological polar surface area (TPSA) is 167 Å². The van der Waals surface area contributed by atoms with Crippen LogP contribution in [0.3, 0.4) is 0 Å². The maximum absolute atomic E-state index is 14.0. The first kappa shape index (κ1) is 36.6. The zero-order chi connectivity index (χ0) is 36.5. The van der Waals surface area contributed by atoms with E-state index in [-0.39, 0.29) is 43.0 Å². The summed E-state index contributed by atoms with van der Waals surface area (Å²) in [5.41, 5.74) is 5.20. The Labute approximate surface area is 297 Å². The number of aliphatic carboxylic acids is 1. The van der Waals surface area contributed by atoms with Crippen molar-refractivity contribution in [1.82, 2.24) is 20.9 Å². The standard InChI is InChI=1S/C40H44N4O7/c1-40(2,3)20-19-33(38(48)49)42-37(47)35(23-26-10-8-9-21-41-26)43-36(46)34(22-25-15-17-27(45)18-16-25)44-39(50)51-24-32-30-13-6-4-11-28(30)29-12-5-7-14-31(29)32/h4-18,21,32-35,45H,19-20,22-24H2,1-3H3,(H,42,47)(H,43,46)(H,44,50)(H,48,49)/t33-,34-,35-/m0/s1. The third kappa shape index (κ3) is 9.94. The summed E-state index contributed by atoms with van der Waals surface area (Å²) in [7, 11) is 0. The monoisotopic (exact) mass is 692 g/mol. The van der Waals surface area contributed by atoms with Crippen LogP contribution in [0.1, 0.15) is 61.9 Å². The molecule has 0 saturated carbocycles. The van der Waals surface area contributed by atoms with Crippen LogP contribution in [0.15, 0.2) is 97.2 Å². The van der Waals surface area contributed by atoms with E-state index >= 15 is 0 Å². The second-order valence-electron chi connectivity index (χ2n) is 14.0. The Bertz CT molecular complexity index is 1790. The number of carboxylic acid groups (broad SMARTS) is 1. The summed E-state index contributed by atoms with van der Waals surface area (Å²) in [4.78, 5) is 57.4. The lowest BCUT2D eigenvalue weighted by Gasteiger charge is -2.26. The number of nitrogens with zero attached hydrogens (tertiary/aromatic N) is 1. The highest BCUT2D eigenvalue weighted by Crippen LogP contribution is 2.44. The highest BCUT2D eigenvalue weighted by Gasteiger charge is 2.33. The van der Waals surface area contributed by atoms with Crippen molar-refractivity contribution in [2.75, 3.05) is 6.61 Å². The fourth-order valence-corrected chi connectivity index (χ4v) is 6.18. The quantitative estimate of drug-likeness (QED) is 0.118. The van der Waals surface area contributed by atoms with Crippen LogP contribution in [0.25, 0.3) is 11.1 Å². The van der Waals surface area contributed by atoms with Gasteiger partial charge in [-0.3, -0.25) is 14.6 Å². The van der Waals surface area contributed by atoms with Crippen LogP contribution < -0.4 is 16.0 Å². The molecule has 4 aromatic rings. The summed E-state index contributed by atoms with van der Waals surface area (Å²) >= 11 is 0. The Kier molecular flexibility index (Phi) is 11.7. The number of carbonyl (C=O) groups is 4. The van der Waals surface area contributed by atoms with Gasteiger partial charge in [0.25, 0.3) is 0 Å². The molecule has 0 fully saturated rings. The minimum absolute atomic E-state index is 0.0115. The smallest absolute Gasteiger partial charge is 0.407 e. The first-order valence-electron chi connectivity index (χ1n) is 17.0. The number of fused-ring (bicyclic) bond motifs is 3. The first-order valence-corrected chi connectivity index (χ1v) is 17.0. The third-order valence-corrected chi connectivity index (χ3v) is 8.90. The Morgan fingerprint density at radius 1 is 0.745 bits per heavy atom. The van der Waals surface area contributed by atoms with Gasteiger partial charge in [-0.2, -0.15) is 0 Å². The van der Waals surface area contributed by atoms with Crippen molar-refractivity contribution < 1.29 is 34.1 Å². The highest BCUT2D eigenvalue weighted by molar-refractivity contribution is 5.93. The van der Waals surface area contributed by atoms with E-state index < -0.39 is 42.0 Å². The molecule has 11 heteroatoms. The molecule has 3 amide bonds. The molecule has 266 valence electrons. The maximum Gasteiger partial charge on any atom is 0.407 e. The van der Waals surface area contributed by atoms with Gasteiger partial charge in [0.1, 0.15) is 30.5 Å². The number of carboxylic acids is 1. The van der Waals surface area contributed by atoms with Crippen molar-refractivity contribution >= 4 is 23.9 Å². The molecule has 3 aromatic carbocycles. The van der Waals surface area contributed by atoms with Crippen LogP contribution >= 0.6 is 0 Å². The van der Waals surface area contributed by atoms with Crippen molar-refractivity contribution in [1.29, 1.82) is 0 Å². The lowest BCUT2D eigenvalue weighted by molar-refractivity contribution is -0.142. The zero-order valence-corrected chi connectivity index (χ0v) is 29.0. The molecule has 0 bridgehead atoms. The number of ether oxygens (including phenoxy) is 1. The van der Waals surface area contributed by atoms with E-state index in [9.17, 15) is 29.4 Å². The molecular formula is C40H44N4O7. The Morgan fingerprint density at radius 3 is 1.88 bits per heavy atom. The number of carbonyl (C=O) groups excluding carboxylic acids is 3. The molecule has 11 nitrogen and oxygen atoms in total. The number of hydrogen-bond acceptors (Lipinski definition) is 7. The van der Waals surface area contributed by atoms with E-state index in [2.05, 4.69) is 20.9 Å². The molecule has 1 aliphatic carbocycles. The van der Waals surface area contributed by atoms with Gasteiger partial charge in [0.05, 0.1) is 0 Å². The number of benzene rings is 3. The number of phenolic OH excluding ortho intramolecular Hbond substituents is 1. The van der Waals surface area contributed by atoms with E-state index in [1.807, 2.05) is 69.3 Å². The summed E-state index contributed by atoms with van der Waals surface area (Å²) in [5, 5.41) is 27.7. The van der Waals surface area contributed by atoms with Gasteiger partial charge in [-0.05, 0) is 70.3 Å². The number of phenols is 1. The summed E-state index contributed by atoms with van der Waals surface area (Å²) < 4.78 is 5.73. The number of pyridine rings is 1. The number of rotatable bonds is 14. The summed E-state index contributed by atoms with van der Waals surface area (Å²) in [6.07, 6.45) is 1.46. The maximum atomic E-state index is 14.0. The molecule has 0 spiro atoms. The molecular weight excluding hydrogens is 648 g/mol. The molecule has 0 saturated heterocycles. The van der Waals surface area contributed by atoms with Crippen molar-refractivity contribution in [3.05, 3.63) is 120 Å². The number of aromatic hydroxyl groups is 1. The van der Waals surface area contributed by atoms with Crippen molar-refractivity contribution in [3.63, 3.8) is 0 Å². The van der Waals surface area contributed by atoms with Crippen molar-refractivity contribution in [2.24, 2.45) is 5.41 Å². The molecule has 1 heterocycles. The number of amides is 3. The predicted molar refractivity (Wildman–Crippen MR) is 192 cm³/mol. The van der Waals surface area contributed by atoms with Gasteiger partial charge in [0, 0.05) is 30.7 Å². The van der Waals surface area contributed by atoms with Gasteiger partial charge in [0.2, 0.25) is 11.8 Å². The largest absolute Gasteiger partial charge is 0.508 e. The predicted octanol–water partition coefficient (Wildman–Crippen LogP) is 5.36. The van der Waals surface area contributed by atoms with Crippen molar-refractivity contribution in [2.45, 2.75) is 70.5 Å². The summed E-state index contributed by atoms with van der Waals surface area (Å²) in [6.45, 7) is 5.98. The number of nitrogens with one attached hydrogen (secondary N) is 3. The summed E-state index contributed by atoms with van der Waals surface area (Å²) in [6, 6.07) is 23.7. The second kappa shape index (κ2) is 16.3. The van der Waals surface area contributed by atoms with Crippen LogP contribution in [-0.4, -0.2) is 63.8 Å². The number of aromatic nitrogens is 1. The molecule has 0 unspecified atom stereocenters. The minimum atomic E-state index is -1.21. The molecule has 51 heavy (non-hydrogen) atoms. The van der Waals surface area contributed by atoms with Gasteiger partial charge in [0.15, 0.2) is 0 Å². The van der Waals surface area contributed by atoms with E-state index in [0.717, 1.165) is 22.3 Å². The molecule has 3 atom stereocenters. The normalized spacial score (nSPS) is 13.9. The van der Waals surface area contributed by atoms with E-state index in [1.165, 1.54) is 12.1 Å². The Hall–Kier alpha value is -5.71. The zero-order valence-electron chi connectivity index (χ0n) is 29.0. The molecule has 1 aromatic heterocycles. The van der Waals surface area contributed by atoms with E-state index in [1.54, 1.807) is 36.5 Å². The first-order chi connectivity index (χ1) is 24.4. The molecule has 5 N–H and O–H groups in total. The van der Waals surface area contributed by atoms with Gasteiger partial charge in [-0.25, -0.2) is 9.59 Å². The van der Waals surface area contributed by atoms with E-state index in [0.29, 0.717) is 17.7 Å². The summed E-state index contributed by atoms with van der Waals surface area (Å²) in [5.74, 6) is -2.72. The lowest BCUT2D eigenvalue weighted by atomic mass is 9.88. The average Bonchev–Trinajstić information content (AvgIpc) is 3.42. The SMILES string of the molecule is CC(C)(C)CC[C@H](NC(=O)[C@H](Cc1ccccn1)NC(=O)[C@H](Cc1ccc(O)cc1)NC(=O)OCC1c2ccccc2-c2ccccc21)C(=O)O. The minimum Gasteiger partial charge on any atom is -0.508 e. The molecule has 0 radical (unpaired) electrons. The third-order valence-electron chi connectivity index (χ3n) is 8.90. The number of alkyl carbamates (subject to hydrolysis) is 1. The average molecular weight is 693 g/mol. The lowest BCUT2D eigenvalue weighted by Crippen LogP contribution is -2.57. The highest BCUT2D eigenvalue weighted by atomic mass is 16.5. The molecule has 1 aliphatic rings. The van der Waals surface area contributed by atoms with Crippen LogP contribution in [0.2, 0.25) is 0 Å². The Balaban J connectivity index is 1.33. The van der Waals surface area contributed by atoms with E-state index in [4.69, 9.17) is 4.74 Å². The number of hydrogen-bond donors (Lipinski definition) is 5. The Morgan fingerprint density at radius 2 is 1.31 bits per heavy atom. The van der Waals surface area contributed by atoms with Crippen LogP contribution in [0.5, 0.6) is 5.75 Å². The molecule has 5 rings (SSSR count). The van der Waals surface area contributed by atoms with Gasteiger partial charge in [-0.15, -0.1) is 0 Å². The fourth-order valence-electron chi connectivity index (χ4n) is 6.18. The van der Waals surface area contributed by atoms with Crippen LogP contribution in [0, 0.1) is 5.41 Å². The van der Waals surface area contributed by atoms with Crippen LogP contribution in [-0.2, 0) is 32.0 Å². The second-order valence-corrected chi connectivity index (χ2v) is 14.0. The van der Waals surface area contributed by atoms with Gasteiger partial charge >= 0.3 is 12.1 Å². The fraction of sp³-hybridized carbons (Fsp3) is 0.325. The van der Waals surface area contributed by atoms with Gasteiger partial charge < -0.3 is 30.9 Å². The van der Waals surface area contributed by atoms with Crippen molar-refractivity contribution in [3.8, 4) is 16.9 Å².